The van der Waals surface area contributed by atoms with E-state index in [1.807, 2.05) is 12.1 Å². The number of rotatable bonds is 4. The molecule has 0 aromatic heterocycles. The van der Waals surface area contributed by atoms with Gasteiger partial charge in [-0.15, -0.1) is 0 Å². The quantitative estimate of drug-likeness (QED) is 0.488. The van der Waals surface area contributed by atoms with E-state index in [2.05, 4.69) is 56.1 Å². The zero-order valence-corrected chi connectivity index (χ0v) is 11.7. The molecule has 0 saturated carbocycles. The Labute approximate surface area is 113 Å². The number of hydrogen-bond donors (Lipinski definition) is 2. The molecule has 1 rings (SSSR count). The van der Waals surface area contributed by atoms with Crippen molar-refractivity contribution >= 4 is 30.9 Å². The van der Waals surface area contributed by atoms with Gasteiger partial charge in [0.25, 0.3) is 0 Å². The smallest absolute Gasteiger partial charge is 0.0148 e. The molecule has 0 heterocycles. The normalized spacial score (nSPS) is 9.33. The van der Waals surface area contributed by atoms with Gasteiger partial charge in [0.1, 0.15) is 0 Å². The maximum Gasteiger partial charge on any atom is 0.0148 e. The molecule has 0 fully saturated rings. The van der Waals surface area contributed by atoms with Gasteiger partial charge in [-0.1, -0.05) is 16.7 Å². The molecule has 0 saturated heterocycles. The third-order valence-corrected chi connectivity index (χ3v) is 2.77. The van der Waals surface area contributed by atoms with E-state index in [4.69, 9.17) is 0 Å². The zero-order valence-electron chi connectivity index (χ0n) is 8.88. The minimum Gasteiger partial charge on any atom is -0.374 e. The second-order valence-electron chi connectivity index (χ2n) is 3.04. The number of thiol groups is 2. The van der Waals surface area contributed by atoms with Gasteiger partial charge in [0.2, 0.25) is 0 Å². The third-order valence-electron chi connectivity index (χ3n) is 2.25. The Morgan fingerprint density at radius 2 is 1.53 bits per heavy atom. The molecule has 0 amide bonds. The minimum atomic E-state index is 0. The van der Waals surface area contributed by atoms with E-state index in [9.17, 15) is 0 Å². The van der Waals surface area contributed by atoms with Gasteiger partial charge in [0.15, 0.2) is 0 Å². The van der Waals surface area contributed by atoms with Crippen molar-refractivity contribution < 1.29 is 16.5 Å². The Bertz CT molecular complexity index is 270. The molecule has 0 atom stereocenters. The monoisotopic (exact) mass is 284 g/mol. The van der Waals surface area contributed by atoms with Gasteiger partial charge in [0, 0.05) is 35.3 Å². The van der Waals surface area contributed by atoms with Crippen molar-refractivity contribution in [3.05, 3.63) is 34.4 Å². The van der Waals surface area contributed by atoms with Gasteiger partial charge in [-0.25, -0.2) is 25.3 Å². The largest absolute Gasteiger partial charge is 0.374 e. The fraction of sp³-hybridized carbons (Fsp3) is 0.364. The molecule has 0 aliphatic heterocycles. The summed E-state index contributed by atoms with van der Waals surface area (Å²) in [4.78, 5) is 2.31. The van der Waals surface area contributed by atoms with Crippen molar-refractivity contribution in [2.24, 2.45) is 0 Å². The number of anilines is 1. The predicted molar refractivity (Wildman–Crippen MR) is 70.3 cm³/mol. The fourth-order valence-corrected chi connectivity index (χ4v) is 1.71. The van der Waals surface area contributed by atoms with Crippen LogP contribution in [0.15, 0.2) is 24.3 Å². The van der Waals surface area contributed by atoms with Gasteiger partial charge in [-0.2, -0.15) is 17.7 Å². The van der Waals surface area contributed by atoms with Crippen LogP contribution in [0.4, 0.5) is 5.69 Å². The van der Waals surface area contributed by atoms with E-state index in [0.29, 0.717) is 0 Å². The molecule has 1 nitrogen and oxygen atoms in total. The molecule has 0 spiro atoms. The predicted octanol–water partition coefficient (Wildman–Crippen LogP) is 3.23. The Morgan fingerprint density at radius 3 is 1.87 bits per heavy atom. The maximum absolute atomic E-state index is 4.19. The van der Waals surface area contributed by atoms with E-state index in [1.165, 1.54) is 5.69 Å². The summed E-state index contributed by atoms with van der Waals surface area (Å²) in [5, 5.41) is 0. The van der Waals surface area contributed by atoms with Crippen LogP contribution in [0, 0.1) is 4.58 Å². The van der Waals surface area contributed by atoms with E-state index in [-0.39, 0.29) is 16.5 Å². The van der Waals surface area contributed by atoms with E-state index < -0.39 is 0 Å². The number of benzene rings is 1. The summed E-state index contributed by atoms with van der Waals surface area (Å²) in [7, 11) is 0. The third kappa shape index (κ3) is 4.22. The summed E-state index contributed by atoms with van der Waals surface area (Å²) >= 11 is 8.37. The van der Waals surface area contributed by atoms with Crippen LogP contribution in [0.2, 0.25) is 0 Å². The summed E-state index contributed by atoms with van der Waals surface area (Å²) in [5.41, 5.74) is 2.31. The molecule has 0 bridgehead atoms. The van der Waals surface area contributed by atoms with E-state index in [1.54, 1.807) is 0 Å². The molecular formula is C11H16NNiS2-. The van der Waals surface area contributed by atoms with Crippen LogP contribution < -0.4 is 4.90 Å². The van der Waals surface area contributed by atoms with Crippen molar-refractivity contribution in [2.45, 2.75) is 13.8 Å². The molecule has 88 valence electrons. The zero-order chi connectivity index (χ0) is 10.6. The van der Waals surface area contributed by atoms with Crippen molar-refractivity contribution in [1.82, 2.24) is 0 Å². The number of nitrogens with zero attached hydrogens (tertiary/aromatic N) is 1. The van der Waals surface area contributed by atoms with Crippen molar-refractivity contribution in [3.8, 4) is 0 Å². The summed E-state index contributed by atoms with van der Waals surface area (Å²) in [6, 6.07) is 8.30. The Morgan fingerprint density at radius 1 is 1.07 bits per heavy atom. The van der Waals surface area contributed by atoms with Crippen LogP contribution in [-0.2, 0) is 16.5 Å². The van der Waals surface area contributed by atoms with Crippen LogP contribution in [0.1, 0.15) is 19.4 Å². The van der Waals surface area contributed by atoms with Gasteiger partial charge in [-0.3, -0.25) is 0 Å². The van der Waals surface area contributed by atoms with E-state index in [0.717, 1.165) is 23.2 Å². The molecule has 15 heavy (non-hydrogen) atoms. The van der Waals surface area contributed by atoms with Crippen molar-refractivity contribution in [1.29, 1.82) is 0 Å². The Hall–Kier alpha value is 0.0835. The van der Waals surface area contributed by atoms with Crippen LogP contribution >= 0.6 is 25.3 Å². The first-order valence-corrected chi connectivity index (χ1v) is 5.68. The maximum atomic E-state index is 4.19. The van der Waals surface area contributed by atoms with Crippen LogP contribution in [0.25, 0.3) is 0 Å². The van der Waals surface area contributed by atoms with Crippen LogP contribution in [-0.4, -0.2) is 13.1 Å². The second-order valence-corrected chi connectivity index (χ2v) is 4.29. The SMILES string of the molecule is CCN(CC)c1ccc([C-](S)S)cc1.[Ni]. The molecular weight excluding hydrogens is 269 g/mol. The Balaban J connectivity index is 0.00000196. The summed E-state index contributed by atoms with van der Waals surface area (Å²) in [6.45, 7) is 6.39. The molecule has 1 aromatic carbocycles. The topological polar surface area (TPSA) is 3.24 Å². The Kier molecular flexibility index (Phi) is 7.41. The number of hydrogen-bond acceptors (Lipinski definition) is 3. The van der Waals surface area contributed by atoms with E-state index >= 15 is 0 Å². The van der Waals surface area contributed by atoms with Crippen molar-refractivity contribution in [2.75, 3.05) is 18.0 Å². The summed E-state index contributed by atoms with van der Waals surface area (Å²) < 4.78 is 0.760. The van der Waals surface area contributed by atoms with Gasteiger partial charge in [-0.05, 0) is 13.8 Å². The molecule has 0 radical (unpaired) electrons. The van der Waals surface area contributed by atoms with Crippen LogP contribution in [0.5, 0.6) is 0 Å². The summed E-state index contributed by atoms with van der Waals surface area (Å²) in [6.07, 6.45) is 0. The van der Waals surface area contributed by atoms with Gasteiger partial charge < -0.3 is 4.90 Å². The summed E-state index contributed by atoms with van der Waals surface area (Å²) in [5.74, 6) is 0. The van der Waals surface area contributed by atoms with Gasteiger partial charge >= 0.3 is 0 Å². The average molecular weight is 285 g/mol. The first-order chi connectivity index (χ1) is 6.69. The van der Waals surface area contributed by atoms with Crippen molar-refractivity contribution in [3.63, 3.8) is 0 Å². The molecule has 0 aliphatic rings. The molecule has 0 N–H and O–H groups in total. The standard InChI is InChI=1S/C11H16NS2.Ni/c1-3-12(4-2)10-7-5-9(6-8-10)11(13)14;/h5-8,13-14H,3-4H2,1-2H3;/q-1;. The fourth-order valence-electron chi connectivity index (χ4n) is 1.41. The van der Waals surface area contributed by atoms with Crippen LogP contribution in [0.3, 0.4) is 0 Å². The average Bonchev–Trinajstić information content (AvgIpc) is 2.20. The molecule has 0 unspecified atom stereocenters. The first-order valence-electron chi connectivity index (χ1n) is 4.79. The molecule has 0 aliphatic carbocycles. The molecule has 1 aromatic rings. The molecule has 4 heteroatoms. The van der Waals surface area contributed by atoms with Gasteiger partial charge in [0.05, 0.1) is 0 Å². The minimum absolute atomic E-state index is 0. The second kappa shape index (κ2) is 7.37. The first kappa shape index (κ1) is 15.1.